The van der Waals surface area contributed by atoms with E-state index in [4.69, 9.17) is 17.0 Å². The number of hydrogen-bond donors (Lipinski definition) is 4. The smallest absolute Gasteiger partial charge is 0.168 e. The van der Waals surface area contributed by atoms with Gasteiger partial charge in [0.1, 0.15) is 5.84 Å². The maximum Gasteiger partial charge on any atom is 0.168 e. The maximum absolute atomic E-state index is 7.32. The summed E-state index contributed by atoms with van der Waals surface area (Å²) in [5.41, 5.74) is 6.64. The fourth-order valence-corrected chi connectivity index (χ4v) is 1.07. The molecule has 0 atom stereocenters. The fraction of sp³-hybridized carbons (Fsp3) is 0.125. The molecule has 0 spiro atoms. The molecule has 6 nitrogen and oxygen atoms in total. The third kappa shape index (κ3) is 2.12. The number of amidine groups is 1. The van der Waals surface area contributed by atoms with Crippen molar-refractivity contribution in [3.8, 4) is 5.75 Å². The summed E-state index contributed by atoms with van der Waals surface area (Å²) in [5.74, 6) is 5.06. The summed E-state index contributed by atoms with van der Waals surface area (Å²) in [4.78, 5) is 8.60. The van der Waals surface area contributed by atoms with Gasteiger partial charge < -0.3 is 15.9 Å². The van der Waals surface area contributed by atoms with Gasteiger partial charge in [0.15, 0.2) is 5.75 Å². The lowest BCUT2D eigenvalue weighted by Gasteiger charge is -2.08. The summed E-state index contributed by atoms with van der Waals surface area (Å²) >= 11 is 0. The van der Waals surface area contributed by atoms with Crippen molar-refractivity contribution in [2.75, 3.05) is 12.4 Å². The molecule has 14 heavy (non-hydrogen) atoms. The first kappa shape index (κ1) is 10.3. The third-order valence-corrected chi connectivity index (χ3v) is 1.69. The second kappa shape index (κ2) is 4.45. The van der Waals surface area contributed by atoms with Crippen LogP contribution in [0, 0.1) is 5.41 Å². The van der Waals surface area contributed by atoms with Gasteiger partial charge in [-0.25, -0.2) is 0 Å². The monoisotopic (exact) mass is 196 g/mol. The number of rotatable bonds is 4. The highest BCUT2D eigenvalue weighted by Gasteiger charge is 2.06. The van der Waals surface area contributed by atoms with Crippen molar-refractivity contribution < 1.29 is 9.88 Å². The first-order chi connectivity index (χ1) is 6.69. The molecule has 1 aromatic rings. The van der Waals surface area contributed by atoms with Crippen molar-refractivity contribution in [2.24, 2.45) is 11.6 Å². The zero-order valence-electron chi connectivity index (χ0n) is 7.70. The van der Waals surface area contributed by atoms with Gasteiger partial charge in [0, 0.05) is 18.3 Å². The van der Waals surface area contributed by atoms with Crippen LogP contribution in [0.3, 0.4) is 0 Å². The quantitative estimate of drug-likeness (QED) is 0.238. The van der Waals surface area contributed by atoms with E-state index in [1.54, 1.807) is 25.2 Å². The minimum atomic E-state index is -0.0585. The van der Waals surface area contributed by atoms with Gasteiger partial charge >= 0.3 is 0 Å². The molecule has 0 aliphatic rings. The number of hydrogen-bond acceptors (Lipinski definition) is 5. The maximum atomic E-state index is 7.32. The van der Waals surface area contributed by atoms with Crippen molar-refractivity contribution in [2.45, 2.75) is 0 Å². The van der Waals surface area contributed by atoms with Gasteiger partial charge in [-0.2, -0.15) is 5.90 Å². The second-order valence-corrected chi connectivity index (χ2v) is 2.55. The Hall–Kier alpha value is -1.79. The Morgan fingerprint density at radius 2 is 2.21 bits per heavy atom. The molecule has 0 fully saturated rings. The lowest BCUT2D eigenvalue weighted by Crippen LogP contribution is -2.14. The summed E-state index contributed by atoms with van der Waals surface area (Å²) in [5, 5.41) is 10.2. The fourth-order valence-electron chi connectivity index (χ4n) is 1.07. The summed E-state index contributed by atoms with van der Waals surface area (Å²) in [7, 11) is 1.74. The summed E-state index contributed by atoms with van der Waals surface area (Å²) < 4.78 is 0. The molecular weight excluding hydrogens is 184 g/mol. The highest BCUT2D eigenvalue weighted by atomic mass is 17.3. The van der Waals surface area contributed by atoms with E-state index in [1.807, 2.05) is 0 Å². The van der Waals surface area contributed by atoms with E-state index in [1.165, 1.54) is 0 Å². The Bertz CT molecular complexity index is 340. The molecule has 0 unspecified atom stereocenters. The Morgan fingerprint density at radius 3 is 2.71 bits per heavy atom. The molecule has 0 saturated heterocycles. The zero-order valence-corrected chi connectivity index (χ0v) is 7.70. The molecule has 1 rings (SSSR count). The van der Waals surface area contributed by atoms with Crippen molar-refractivity contribution in [3.63, 3.8) is 0 Å². The lowest BCUT2D eigenvalue weighted by atomic mass is 10.1. The van der Waals surface area contributed by atoms with E-state index >= 15 is 0 Å². The van der Waals surface area contributed by atoms with Crippen LogP contribution in [0.5, 0.6) is 5.75 Å². The third-order valence-electron chi connectivity index (χ3n) is 1.69. The number of nitrogens with one attached hydrogen (secondary N) is 2. The van der Waals surface area contributed by atoms with Gasteiger partial charge in [-0.3, -0.25) is 5.41 Å². The molecular formula is C8H12N4O2. The second-order valence-electron chi connectivity index (χ2n) is 2.55. The predicted octanol–water partition coefficient (Wildman–Crippen LogP) is 0.196. The standard InChI is InChI=1S/C8H12N4O2/c1-12-7-3-2-5(13-14-11)4-6(7)8(9)10/h2-4,12H,11H2,1H3,(H3,9,10). The van der Waals surface area contributed by atoms with Gasteiger partial charge in [-0.1, -0.05) is 4.99 Å². The number of benzene rings is 1. The van der Waals surface area contributed by atoms with Gasteiger partial charge in [0.25, 0.3) is 0 Å². The van der Waals surface area contributed by atoms with E-state index in [-0.39, 0.29) is 5.84 Å². The predicted molar refractivity (Wildman–Crippen MR) is 52.9 cm³/mol. The van der Waals surface area contributed by atoms with E-state index in [0.717, 1.165) is 5.69 Å². The van der Waals surface area contributed by atoms with Crippen molar-refractivity contribution in [3.05, 3.63) is 23.8 Å². The molecule has 6 N–H and O–H groups in total. The van der Waals surface area contributed by atoms with Gasteiger partial charge in [-0.15, -0.1) is 0 Å². The number of nitrogen functional groups attached to an aromatic ring is 1. The SMILES string of the molecule is CNc1ccc(OON)cc1C(=N)N. The highest BCUT2D eigenvalue weighted by molar-refractivity contribution is 6.00. The summed E-state index contributed by atoms with van der Waals surface area (Å²) in [6, 6.07) is 4.91. The zero-order chi connectivity index (χ0) is 10.6. The average Bonchev–Trinajstić information content (AvgIpc) is 2.18. The highest BCUT2D eigenvalue weighted by Crippen LogP contribution is 2.21. The molecule has 6 heteroatoms. The van der Waals surface area contributed by atoms with Gasteiger partial charge in [0.2, 0.25) is 0 Å². The van der Waals surface area contributed by atoms with Crippen molar-refractivity contribution in [1.29, 1.82) is 5.41 Å². The molecule has 0 aliphatic carbocycles. The Balaban J connectivity index is 3.07. The molecule has 0 saturated carbocycles. The van der Waals surface area contributed by atoms with Crippen LogP contribution in [0.2, 0.25) is 0 Å². The van der Waals surface area contributed by atoms with Gasteiger partial charge in [0.05, 0.1) is 0 Å². The molecule has 0 amide bonds. The molecule has 0 heterocycles. The minimum Gasteiger partial charge on any atom is -0.388 e. The molecule has 0 aromatic heterocycles. The molecule has 0 aliphatic heterocycles. The minimum absolute atomic E-state index is 0.0585. The Labute approximate surface area is 81.2 Å². The topological polar surface area (TPSA) is 106 Å². The largest absolute Gasteiger partial charge is 0.388 e. The first-order valence-electron chi connectivity index (χ1n) is 3.88. The number of anilines is 1. The van der Waals surface area contributed by atoms with Crippen LogP contribution in [0.4, 0.5) is 5.69 Å². The van der Waals surface area contributed by atoms with Crippen molar-refractivity contribution in [1.82, 2.24) is 0 Å². The lowest BCUT2D eigenvalue weighted by molar-refractivity contribution is -0.211. The van der Waals surface area contributed by atoms with Crippen LogP contribution in [0.1, 0.15) is 5.56 Å². The van der Waals surface area contributed by atoms with E-state index in [2.05, 4.69) is 15.2 Å². The van der Waals surface area contributed by atoms with Crippen LogP contribution in [-0.4, -0.2) is 12.9 Å². The van der Waals surface area contributed by atoms with Gasteiger partial charge in [-0.05, 0) is 18.2 Å². The van der Waals surface area contributed by atoms with Crippen LogP contribution in [-0.2, 0) is 4.99 Å². The molecule has 0 radical (unpaired) electrons. The summed E-state index contributed by atoms with van der Waals surface area (Å²) in [6.07, 6.45) is 0. The Morgan fingerprint density at radius 1 is 1.50 bits per heavy atom. The normalized spacial score (nSPS) is 9.57. The van der Waals surface area contributed by atoms with Crippen LogP contribution in [0.25, 0.3) is 0 Å². The van der Waals surface area contributed by atoms with Crippen LogP contribution >= 0.6 is 0 Å². The average molecular weight is 196 g/mol. The number of nitrogens with two attached hydrogens (primary N) is 2. The molecule has 0 bridgehead atoms. The van der Waals surface area contributed by atoms with E-state index < -0.39 is 0 Å². The molecule has 76 valence electrons. The van der Waals surface area contributed by atoms with Crippen LogP contribution in [0.15, 0.2) is 18.2 Å². The van der Waals surface area contributed by atoms with Crippen molar-refractivity contribution >= 4 is 11.5 Å². The van der Waals surface area contributed by atoms with Crippen LogP contribution < -0.4 is 21.8 Å². The van der Waals surface area contributed by atoms with E-state index in [0.29, 0.717) is 11.3 Å². The first-order valence-corrected chi connectivity index (χ1v) is 3.88. The molecule has 1 aromatic carbocycles. The Kier molecular flexibility index (Phi) is 3.27. The van der Waals surface area contributed by atoms with E-state index in [9.17, 15) is 0 Å². The summed E-state index contributed by atoms with van der Waals surface area (Å²) in [6.45, 7) is 0.